The topological polar surface area (TPSA) is 97.3 Å². The van der Waals surface area contributed by atoms with E-state index in [0.717, 1.165) is 5.69 Å². The van der Waals surface area contributed by atoms with E-state index in [1.54, 1.807) is 47.1 Å². The number of rotatable bonds is 6. The van der Waals surface area contributed by atoms with Gasteiger partial charge in [0.05, 0.1) is 38.0 Å². The van der Waals surface area contributed by atoms with Gasteiger partial charge >= 0.3 is 12.1 Å². The van der Waals surface area contributed by atoms with Gasteiger partial charge in [-0.3, -0.25) is 15.3 Å². The monoisotopic (exact) mass is 557 g/mol. The molecule has 0 aliphatic carbocycles. The van der Waals surface area contributed by atoms with E-state index in [2.05, 4.69) is 21.0 Å². The zero-order valence-electron chi connectivity index (χ0n) is 19.1. The third kappa shape index (κ3) is 7.18. The Hall–Kier alpha value is -2.65. The van der Waals surface area contributed by atoms with Gasteiger partial charge in [0.1, 0.15) is 6.61 Å². The second-order valence-electron chi connectivity index (χ2n) is 8.43. The summed E-state index contributed by atoms with van der Waals surface area (Å²) < 4.78 is 6.93. The Kier molecular flexibility index (Phi) is 8.77. The van der Waals surface area contributed by atoms with Crippen LogP contribution >= 0.6 is 46.4 Å². The summed E-state index contributed by atoms with van der Waals surface area (Å²) in [6, 6.07) is 11.0. The molecule has 1 aromatic heterocycles. The molecular weight excluding hydrogens is 536 g/mol. The first-order valence-corrected chi connectivity index (χ1v) is 11.9. The van der Waals surface area contributed by atoms with Gasteiger partial charge in [-0.2, -0.15) is 5.10 Å². The Bertz CT molecular complexity index is 1240. The first-order chi connectivity index (χ1) is 16.5. The number of hydrogen-bond donors (Lipinski definition) is 3. The number of hydrogen-bond acceptors (Lipinski definition) is 4. The van der Waals surface area contributed by atoms with Crippen molar-refractivity contribution in [2.75, 3.05) is 22.6 Å². The van der Waals surface area contributed by atoms with Gasteiger partial charge in [-0.15, -0.1) is 0 Å². The van der Waals surface area contributed by atoms with E-state index >= 15 is 0 Å². The number of amides is 3. The van der Waals surface area contributed by atoms with E-state index in [4.69, 9.17) is 51.1 Å². The third-order valence-corrected chi connectivity index (χ3v) is 6.35. The van der Waals surface area contributed by atoms with Crippen LogP contribution in [0.4, 0.5) is 26.8 Å². The van der Waals surface area contributed by atoms with E-state index < -0.39 is 12.1 Å². The van der Waals surface area contributed by atoms with Gasteiger partial charge in [0, 0.05) is 17.2 Å². The molecule has 3 aromatic rings. The van der Waals surface area contributed by atoms with Crippen molar-refractivity contribution in [1.82, 2.24) is 9.78 Å². The van der Waals surface area contributed by atoms with Gasteiger partial charge in [-0.25, -0.2) is 9.59 Å². The van der Waals surface area contributed by atoms with Crippen LogP contribution in [0.5, 0.6) is 0 Å². The Morgan fingerprint density at radius 3 is 2.06 bits per heavy atom. The largest absolute Gasteiger partial charge is 0.447 e. The lowest BCUT2D eigenvalue weighted by atomic mass is 9.92. The molecule has 2 aromatic carbocycles. The molecule has 0 fully saturated rings. The van der Waals surface area contributed by atoms with Crippen LogP contribution in [0.15, 0.2) is 42.5 Å². The van der Waals surface area contributed by atoms with Crippen LogP contribution in [0.3, 0.4) is 0 Å². The number of carbonyl (C=O) groups is 2. The molecule has 8 nitrogen and oxygen atoms in total. The molecule has 0 saturated heterocycles. The summed E-state index contributed by atoms with van der Waals surface area (Å²) in [5.41, 5.74) is 1.24. The van der Waals surface area contributed by atoms with Crippen LogP contribution in [0.25, 0.3) is 0 Å². The van der Waals surface area contributed by atoms with E-state index in [1.165, 1.54) is 0 Å². The second kappa shape index (κ2) is 11.4. The summed E-state index contributed by atoms with van der Waals surface area (Å²) in [5, 5.41) is 13.4. The van der Waals surface area contributed by atoms with Gasteiger partial charge in [0.2, 0.25) is 0 Å². The van der Waals surface area contributed by atoms with E-state index in [1.807, 2.05) is 20.8 Å². The lowest BCUT2D eigenvalue weighted by Gasteiger charge is -2.20. The van der Waals surface area contributed by atoms with Crippen molar-refractivity contribution in [3.63, 3.8) is 0 Å². The molecule has 0 spiro atoms. The minimum absolute atomic E-state index is 0.0263. The molecule has 0 radical (unpaired) electrons. The van der Waals surface area contributed by atoms with Gasteiger partial charge in [-0.1, -0.05) is 79.3 Å². The summed E-state index contributed by atoms with van der Waals surface area (Å²) in [7, 11) is 0. The number of nitrogens with one attached hydrogen (secondary N) is 3. The highest BCUT2D eigenvalue weighted by atomic mass is 35.5. The van der Waals surface area contributed by atoms with Crippen molar-refractivity contribution in [3.8, 4) is 0 Å². The predicted octanol–water partition coefficient (Wildman–Crippen LogP) is 7.69. The van der Waals surface area contributed by atoms with Crippen molar-refractivity contribution >= 4 is 75.7 Å². The molecular formula is C23H23Cl4N5O3. The number of ether oxygens (including phenoxy) is 1. The molecule has 1 heterocycles. The van der Waals surface area contributed by atoms with E-state index in [0.29, 0.717) is 27.2 Å². The van der Waals surface area contributed by atoms with Crippen LogP contribution in [0.2, 0.25) is 20.1 Å². The molecule has 186 valence electrons. The van der Waals surface area contributed by atoms with Crippen molar-refractivity contribution < 1.29 is 14.3 Å². The standard InChI is InChI=1S/C23H23Cl4N5O3/c1-23(2,3)17-12-18(30-21(33)28-15-8-4-6-13(24)19(15)26)31-32(17)10-11-35-22(34)29-16-9-5-7-14(25)20(16)27/h4-9,12H,10-11H2,1-3H3,(H,29,34)(H2,28,30,31,33). The van der Waals surface area contributed by atoms with Crippen LogP contribution in [0.1, 0.15) is 26.5 Å². The van der Waals surface area contributed by atoms with Crippen LogP contribution in [-0.2, 0) is 16.7 Å². The number of halogens is 4. The Labute approximate surface area is 222 Å². The lowest BCUT2D eigenvalue weighted by Crippen LogP contribution is -2.22. The molecule has 0 aliphatic heterocycles. The molecule has 3 rings (SSSR count). The fraction of sp³-hybridized carbons (Fsp3) is 0.261. The summed E-state index contributed by atoms with van der Waals surface area (Å²) in [5.74, 6) is 0.320. The molecule has 12 heteroatoms. The Morgan fingerprint density at radius 1 is 0.914 bits per heavy atom. The molecule has 0 atom stereocenters. The maximum atomic E-state index is 12.5. The molecule has 0 saturated carbocycles. The van der Waals surface area contributed by atoms with Gasteiger partial charge in [0.15, 0.2) is 5.82 Å². The number of benzene rings is 2. The fourth-order valence-corrected chi connectivity index (χ4v) is 3.79. The maximum Gasteiger partial charge on any atom is 0.411 e. The van der Waals surface area contributed by atoms with Crippen molar-refractivity contribution in [2.45, 2.75) is 32.7 Å². The summed E-state index contributed by atoms with van der Waals surface area (Å²) in [6.45, 7) is 6.30. The Morgan fingerprint density at radius 2 is 1.49 bits per heavy atom. The highest BCUT2D eigenvalue weighted by Gasteiger charge is 2.22. The summed E-state index contributed by atoms with van der Waals surface area (Å²) >= 11 is 24.2. The first kappa shape index (κ1) is 26.9. The van der Waals surface area contributed by atoms with Gasteiger partial charge in [0.25, 0.3) is 0 Å². The molecule has 3 amide bonds. The third-order valence-electron chi connectivity index (χ3n) is 4.71. The first-order valence-electron chi connectivity index (χ1n) is 10.4. The normalized spacial score (nSPS) is 11.2. The van der Waals surface area contributed by atoms with Crippen molar-refractivity contribution in [1.29, 1.82) is 0 Å². The summed E-state index contributed by atoms with van der Waals surface area (Å²) in [6.07, 6.45) is -0.685. The lowest BCUT2D eigenvalue weighted by molar-refractivity contribution is 0.155. The van der Waals surface area contributed by atoms with Crippen LogP contribution in [0, 0.1) is 0 Å². The average Bonchev–Trinajstić information content (AvgIpc) is 3.17. The molecule has 0 bridgehead atoms. The smallest absolute Gasteiger partial charge is 0.411 e. The quantitative estimate of drug-likeness (QED) is 0.289. The number of nitrogens with zero attached hydrogens (tertiary/aromatic N) is 2. The highest BCUT2D eigenvalue weighted by molar-refractivity contribution is 6.44. The molecule has 0 unspecified atom stereocenters. The van der Waals surface area contributed by atoms with Crippen molar-refractivity contribution in [2.24, 2.45) is 0 Å². The molecule has 3 N–H and O–H groups in total. The fourth-order valence-electron chi connectivity index (χ4n) is 3.09. The minimum Gasteiger partial charge on any atom is -0.447 e. The number of aromatic nitrogens is 2. The zero-order valence-corrected chi connectivity index (χ0v) is 22.1. The average molecular weight is 559 g/mol. The van der Waals surface area contributed by atoms with Crippen LogP contribution in [-0.4, -0.2) is 28.5 Å². The predicted molar refractivity (Wildman–Crippen MR) is 141 cm³/mol. The molecule has 0 aliphatic rings. The van der Waals surface area contributed by atoms with E-state index in [-0.39, 0.29) is 28.6 Å². The van der Waals surface area contributed by atoms with Gasteiger partial charge < -0.3 is 10.1 Å². The Balaban J connectivity index is 1.63. The second-order valence-corrected chi connectivity index (χ2v) is 10.0. The van der Waals surface area contributed by atoms with Crippen molar-refractivity contribution in [3.05, 3.63) is 68.2 Å². The van der Waals surface area contributed by atoms with E-state index in [9.17, 15) is 9.59 Å². The minimum atomic E-state index is -0.685. The van der Waals surface area contributed by atoms with Gasteiger partial charge in [-0.05, 0) is 24.3 Å². The number of urea groups is 1. The molecule has 35 heavy (non-hydrogen) atoms. The number of carbonyl (C=O) groups excluding carboxylic acids is 2. The maximum absolute atomic E-state index is 12.5. The highest BCUT2D eigenvalue weighted by Crippen LogP contribution is 2.31. The zero-order chi connectivity index (χ0) is 25.8. The number of anilines is 3. The SMILES string of the molecule is CC(C)(C)c1cc(NC(=O)Nc2cccc(Cl)c2Cl)nn1CCOC(=O)Nc1cccc(Cl)c1Cl. The summed E-state index contributed by atoms with van der Waals surface area (Å²) in [4.78, 5) is 24.6. The van der Waals surface area contributed by atoms with Crippen LogP contribution < -0.4 is 16.0 Å².